The zero-order chi connectivity index (χ0) is 19.2. The summed E-state index contributed by atoms with van der Waals surface area (Å²) in [6.45, 7) is 3.90. The van der Waals surface area contributed by atoms with E-state index in [1.54, 1.807) is 6.20 Å². The Labute approximate surface area is 168 Å². The number of anilines is 1. The number of carbonyl (C=O) groups is 1. The van der Waals surface area contributed by atoms with E-state index in [4.69, 9.17) is 0 Å². The Morgan fingerprint density at radius 1 is 0.964 bits per heavy atom. The van der Waals surface area contributed by atoms with E-state index in [1.807, 2.05) is 17.0 Å². The Bertz CT molecular complexity index is 753. The van der Waals surface area contributed by atoms with Crippen molar-refractivity contribution in [3.05, 3.63) is 59.8 Å². The van der Waals surface area contributed by atoms with Gasteiger partial charge in [0.2, 0.25) is 0 Å². The average molecular weight is 378 g/mol. The second kappa shape index (κ2) is 9.22. The summed E-state index contributed by atoms with van der Waals surface area (Å²) in [5.41, 5.74) is 2.15. The fourth-order valence-corrected chi connectivity index (χ4v) is 4.50. The van der Waals surface area contributed by atoms with Gasteiger partial charge < -0.3 is 9.80 Å². The van der Waals surface area contributed by atoms with E-state index in [0.29, 0.717) is 5.92 Å². The van der Waals surface area contributed by atoms with Crippen molar-refractivity contribution in [1.29, 1.82) is 0 Å². The van der Waals surface area contributed by atoms with Crippen LogP contribution in [0.1, 0.15) is 54.4 Å². The van der Waals surface area contributed by atoms with Gasteiger partial charge in [0.25, 0.3) is 5.91 Å². The van der Waals surface area contributed by atoms with Crippen LogP contribution in [-0.2, 0) is 6.42 Å². The van der Waals surface area contributed by atoms with Crippen LogP contribution in [0.3, 0.4) is 0 Å². The zero-order valence-corrected chi connectivity index (χ0v) is 16.7. The summed E-state index contributed by atoms with van der Waals surface area (Å²) in [4.78, 5) is 21.7. The Morgan fingerprint density at radius 2 is 1.79 bits per heavy atom. The first kappa shape index (κ1) is 19.0. The Hall–Kier alpha value is -2.36. The third-order valence-electron chi connectivity index (χ3n) is 6.17. The predicted octanol–water partition coefficient (Wildman–Crippen LogP) is 4.56. The summed E-state index contributed by atoms with van der Waals surface area (Å²) in [6.07, 6.45) is 10.2. The van der Waals surface area contributed by atoms with Crippen molar-refractivity contribution in [3.63, 3.8) is 0 Å². The van der Waals surface area contributed by atoms with Gasteiger partial charge in [0.1, 0.15) is 5.82 Å². The number of nitrogens with zero attached hydrogens (tertiary/aromatic N) is 3. The van der Waals surface area contributed by atoms with Crippen molar-refractivity contribution >= 4 is 11.7 Å². The van der Waals surface area contributed by atoms with Crippen LogP contribution in [0.2, 0.25) is 0 Å². The van der Waals surface area contributed by atoms with E-state index in [2.05, 4.69) is 40.2 Å². The van der Waals surface area contributed by atoms with Gasteiger partial charge in [0.15, 0.2) is 0 Å². The third kappa shape index (κ3) is 4.73. The molecule has 2 aromatic rings. The summed E-state index contributed by atoms with van der Waals surface area (Å²) in [6, 6.07) is 14.8. The van der Waals surface area contributed by atoms with E-state index >= 15 is 0 Å². The molecule has 0 bridgehead atoms. The third-order valence-corrected chi connectivity index (χ3v) is 6.17. The average Bonchev–Trinajstić information content (AvgIpc) is 2.79. The maximum absolute atomic E-state index is 12.6. The molecule has 4 rings (SSSR count). The number of carbonyl (C=O) groups excluding carboxylic acids is 1. The zero-order valence-electron chi connectivity index (χ0n) is 16.7. The second-order valence-corrected chi connectivity index (χ2v) is 8.24. The lowest BCUT2D eigenvalue weighted by atomic mass is 9.91. The smallest absolute Gasteiger partial charge is 0.255 e. The van der Waals surface area contributed by atoms with E-state index in [0.717, 1.165) is 56.8 Å². The van der Waals surface area contributed by atoms with Crippen LogP contribution in [0.5, 0.6) is 0 Å². The molecule has 2 aliphatic rings. The SMILES string of the molecule is O=C(c1ccc(N2CCCC(CCc3ccccc3)C2)nc1)N1CCCCC1. The van der Waals surface area contributed by atoms with Crippen LogP contribution < -0.4 is 4.90 Å². The largest absolute Gasteiger partial charge is 0.356 e. The summed E-state index contributed by atoms with van der Waals surface area (Å²) in [7, 11) is 0. The minimum atomic E-state index is 0.137. The molecular formula is C24H31N3O. The quantitative estimate of drug-likeness (QED) is 0.767. The molecule has 0 spiro atoms. The molecule has 1 unspecified atom stereocenters. The van der Waals surface area contributed by atoms with Crippen LogP contribution in [-0.4, -0.2) is 42.0 Å². The molecule has 0 N–H and O–H groups in total. The standard InChI is InChI=1S/C24H31N3O/c28-24(26-15-5-2-6-16-26)22-13-14-23(25-18-22)27-17-7-10-21(19-27)12-11-20-8-3-1-4-9-20/h1,3-4,8-9,13-14,18,21H,2,5-7,10-12,15-17,19H2. The van der Waals surface area contributed by atoms with Crippen molar-refractivity contribution < 1.29 is 4.79 Å². The first-order valence-corrected chi connectivity index (χ1v) is 10.8. The van der Waals surface area contributed by atoms with Gasteiger partial charge in [-0.05, 0) is 68.6 Å². The van der Waals surface area contributed by atoms with E-state index in [-0.39, 0.29) is 5.91 Å². The number of piperidine rings is 2. The van der Waals surface area contributed by atoms with Gasteiger partial charge in [0.05, 0.1) is 5.56 Å². The highest BCUT2D eigenvalue weighted by atomic mass is 16.2. The van der Waals surface area contributed by atoms with Crippen molar-refractivity contribution in [2.24, 2.45) is 5.92 Å². The molecule has 148 valence electrons. The van der Waals surface area contributed by atoms with E-state index in [1.165, 1.54) is 31.2 Å². The number of amides is 1. The van der Waals surface area contributed by atoms with Gasteiger partial charge in [-0.2, -0.15) is 0 Å². The fourth-order valence-electron chi connectivity index (χ4n) is 4.50. The lowest BCUT2D eigenvalue weighted by Gasteiger charge is -2.34. The van der Waals surface area contributed by atoms with Crippen LogP contribution >= 0.6 is 0 Å². The number of benzene rings is 1. The lowest BCUT2D eigenvalue weighted by molar-refractivity contribution is 0.0724. The number of rotatable bonds is 5. The second-order valence-electron chi connectivity index (χ2n) is 8.24. The molecule has 1 atom stereocenters. The molecule has 2 fully saturated rings. The topological polar surface area (TPSA) is 36.4 Å². The number of pyridine rings is 1. The first-order valence-electron chi connectivity index (χ1n) is 10.8. The molecule has 3 heterocycles. The Morgan fingerprint density at radius 3 is 2.54 bits per heavy atom. The molecule has 1 amide bonds. The Kier molecular flexibility index (Phi) is 6.25. The maximum atomic E-state index is 12.6. The minimum absolute atomic E-state index is 0.137. The minimum Gasteiger partial charge on any atom is -0.356 e. The van der Waals surface area contributed by atoms with Gasteiger partial charge in [-0.25, -0.2) is 4.98 Å². The first-order chi connectivity index (χ1) is 13.8. The predicted molar refractivity (Wildman–Crippen MR) is 114 cm³/mol. The monoisotopic (exact) mass is 377 g/mol. The van der Waals surface area contributed by atoms with Crippen LogP contribution in [0.25, 0.3) is 0 Å². The normalized spacial score (nSPS) is 20.2. The van der Waals surface area contributed by atoms with E-state index in [9.17, 15) is 4.79 Å². The van der Waals surface area contributed by atoms with Gasteiger partial charge in [0, 0.05) is 32.4 Å². The molecule has 2 aliphatic heterocycles. The molecule has 4 heteroatoms. The van der Waals surface area contributed by atoms with Gasteiger partial charge in [-0.3, -0.25) is 4.79 Å². The lowest BCUT2D eigenvalue weighted by Crippen LogP contribution is -2.37. The molecule has 2 saturated heterocycles. The molecular weight excluding hydrogens is 346 g/mol. The number of hydrogen-bond donors (Lipinski definition) is 0. The Balaban J connectivity index is 1.33. The van der Waals surface area contributed by atoms with Gasteiger partial charge in [-0.1, -0.05) is 30.3 Å². The van der Waals surface area contributed by atoms with Gasteiger partial charge >= 0.3 is 0 Å². The fraction of sp³-hybridized carbons (Fsp3) is 0.500. The van der Waals surface area contributed by atoms with Gasteiger partial charge in [-0.15, -0.1) is 0 Å². The molecule has 0 saturated carbocycles. The number of hydrogen-bond acceptors (Lipinski definition) is 3. The van der Waals surface area contributed by atoms with Crippen molar-refractivity contribution in [2.45, 2.75) is 44.9 Å². The summed E-state index contributed by atoms with van der Waals surface area (Å²) in [5, 5.41) is 0. The number of aromatic nitrogens is 1. The van der Waals surface area contributed by atoms with Crippen LogP contribution in [0.15, 0.2) is 48.7 Å². The highest BCUT2D eigenvalue weighted by molar-refractivity contribution is 5.94. The summed E-state index contributed by atoms with van der Waals surface area (Å²) < 4.78 is 0. The van der Waals surface area contributed by atoms with Crippen molar-refractivity contribution in [2.75, 3.05) is 31.1 Å². The summed E-state index contributed by atoms with van der Waals surface area (Å²) in [5.74, 6) is 1.86. The molecule has 1 aromatic carbocycles. The number of aryl methyl sites for hydroxylation is 1. The molecule has 1 aromatic heterocycles. The van der Waals surface area contributed by atoms with Crippen molar-refractivity contribution in [3.8, 4) is 0 Å². The van der Waals surface area contributed by atoms with Crippen molar-refractivity contribution in [1.82, 2.24) is 9.88 Å². The molecule has 0 radical (unpaired) electrons. The highest BCUT2D eigenvalue weighted by Crippen LogP contribution is 2.25. The van der Waals surface area contributed by atoms with Crippen LogP contribution in [0.4, 0.5) is 5.82 Å². The number of likely N-dealkylation sites (tertiary alicyclic amines) is 1. The highest BCUT2D eigenvalue weighted by Gasteiger charge is 2.22. The molecule has 0 aliphatic carbocycles. The van der Waals surface area contributed by atoms with Crippen LogP contribution in [0, 0.1) is 5.92 Å². The van der Waals surface area contributed by atoms with E-state index < -0.39 is 0 Å². The molecule has 28 heavy (non-hydrogen) atoms. The summed E-state index contributed by atoms with van der Waals surface area (Å²) >= 11 is 0. The maximum Gasteiger partial charge on any atom is 0.255 e. The molecule has 4 nitrogen and oxygen atoms in total.